The molecule has 1 aromatic heterocycles. The molecule has 0 bridgehead atoms. The third-order valence-electron chi connectivity index (χ3n) is 4.36. The van der Waals surface area contributed by atoms with Crippen molar-refractivity contribution < 1.29 is 9.13 Å². The van der Waals surface area contributed by atoms with E-state index >= 15 is 0 Å². The molecule has 0 unspecified atom stereocenters. The Bertz CT molecular complexity index is 423. The van der Waals surface area contributed by atoms with Crippen LogP contribution < -0.4 is 5.32 Å². The van der Waals surface area contributed by atoms with Crippen LogP contribution in [0, 0.1) is 11.9 Å². The van der Waals surface area contributed by atoms with Gasteiger partial charge in [0.1, 0.15) is 0 Å². The average molecular weight is 352 g/mol. The van der Waals surface area contributed by atoms with Crippen molar-refractivity contribution in [2.45, 2.75) is 18.9 Å². The second kappa shape index (κ2) is 9.63. The molecule has 7 heteroatoms. The largest absolute Gasteiger partial charge is 0.381 e. The predicted octanol–water partition coefficient (Wildman–Crippen LogP) is 2.44. The third kappa shape index (κ3) is 4.52. The molecule has 0 amide bonds. The van der Waals surface area contributed by atoms with Crippen molar-refractivity contribution >= 4 is 24.8 Å². The quantitative estimate of drug-likeness (QED) is 0.848. The van der Waals surface area contributed by atoms with Crippen LogP contribution in [0.25, 0.3) is 0 Å². The van der Waals surface area contributed by atoms with E-state index in [1.54, 1.807) is 0 Å². The zero-order chi connectivity index (χ0) is 13.8. The van der Waals surface area contributed by atoms with Gasteiger partial charge < -0.3 is 10.1 Å². The highest BCUT2D eigenvalue weighted by Crippen LogP contribution is 2.35. The van der Waals surface area contributed by atoms with E-state index in [1.807, 2.05) is 12.1 Å². The Morgan fingerprint density at radius 3 is 2.55 bits per heavy atom. The number of hydrogen-bond donors (Lipinski definition) is 1. The highest BCUT2D eigenvalue weighted by atomic mass is 35.5. The van der Waals surface area contributed by atoms with Gasteiger partial charge in [-0.1, -0.05) is 6.07 Å². The molecule has 126 valence electrons. The summed E-state index contributed by atoms with van der Waals surface area (Å²) in [6.45, 7) is 5.46. The van der Waals surface area contributed by atoms with E-state index < -0.39 is 0 Å². The minimum atomic E-state index is -0.317. The van der Waals surface area contributed by atoms with Gasteiger partial charge in [0.25, 0.3) is 0 Å². The summed E-state index contributed by atoms with van der Waals surface area (Å²) in [6.07, 6.45) is 3.53. The van der Waals surface area contributed by atoms with Crippen LogP contribution in [0.2, 0.25) is 0 Å². The minimum absolute atomic E-state index is 0. The van der Waals surface area contributed by atoms with Crippen molar-refractivity contribution in [3.8, 4) is 0 Å². The molecule has 2 aliphatic rings. The molecule has 1 atom stereocenters. The second-order valence-corrected chi connectivity index (χ2v) is 5.56. The first-order valence-corrected chi connectivity index (χ1v) is 7.49. The lowest BCUT2D eigenvalue weighted by molar-refractivity contribution is 0.0200. The Morgan fingerprint density at radius 1 is 1.23 bits per heavy atom. The maximum atomic E-state index is 14.2. The van der Waals surface area contributed by atoms with Crippen LogP contribution in [0.4, 0.5) is 4.39 Å². The molecule has 2 fully saturated rings. The Kier molecular flexibility index (Phi) is 8.57. The van der Waals surface area contributed by atoms with Crippen molar-refractivity contribution in [2.24, 2.45) is 5.92 Å². The monoisotopic (exact) mass is 351 g/mol. The maximum absolute atomic E-state index is 14.2. The Labute approximate surface area is 143 Å². The molecule has 3 heterocycles. The zero-order valence-corrected chi connectivity index (χ0v) is 14.2. The Morgan fingerprint density at radius 2 is 1.91 bits per heavy atom. The van der Waals surface area contributed by atoms with Crippen LogP contribution in [-0.2, 0) is 4.74 Å². The van der Waals surface area contributed by atoms with Crippen LogP contribution >= 0.6 is 24.8 Å². The summed E-state index contributed by atoms with van der Waals surface area (Å²) in [7, 11) is 0. The van der Waals surface area contributed by atoms with Gasteiger partial charge in [0.2, 0.25) is 5.95 Å². The standard InChI is InChI=1S/C15H22FN3O.2ClH/c16-15-13(2-1-5-18-15)14(12-3-10-20-11-4-12)19-8-6-17-7-9-19;;/h1-2,5,12,14,17H,3-4,6-11H2;2*1H/t14-;;/m1../s1. The molecule has 1 aromatic rings. The summed E-state index contributed by atoms with van der Waals surface area (Å²) >= 11 is 0. The van der Waals surface area contributed by atoms with Crippen LogP contribution in [0.3, 0.4) is 0 Å². The first-order valence-electron chi connectivity index (χ1n) is 7.49. The summed E-state index contributed by atoms with van der Waals surface area (Å²) < 4.78 is 19.6. The fourth-order valence-electron chi connectivity index (χ4n) is 3.36. The van der Waals surface area contributed by atoms with Crippen LogP contribution in [0.1, 0.15) is 24.4 Å². The zero-order valence-electron chi connectivity index (χ0n) is 12.5. The van der Waals surface area contributed by atoms with Crippen molar-refractivity contribution in [3.05, 3.63) is 29.8 Å². The van der Waals surface area contributed by atoms with E-state index in [0.717, 1.165) is 57.8 Å². The van der Waals surface area contributed by atoms with Gasteiger partial charge in [0.05, 0.1) is 0 Å². The Balaban J connectivity index is 0.00000121. The predicted molar refractivity (Wildman–Crippen MR) is 89.4 cm³/mol. The molecule has 2 aliphatic heterocycles. The van der Waals surface area contributed by atoms with Gasteiger partial charge in [-0.05, 0) is 24.8 Å². The van der Waals surface area contributed by atoms with E-state index in [2.05, 4.69) is 15.2 Å². The number of nitrogens with zero attached hydrogens (tertiary/aromatic N) is 2. The van der Waals surface area contributed by atoms with Gasteiger partial charge in [-0.3, -0.25) is 4.90 Å². The Hall–Kier alpha value is -0.460. The lowest BCUT2D eigenvalue weighted by Gasteiger charge is -2.41. The molecular weight excluding hydrogens is 328 g/mol. The van der Waals surface area contributed by atoms with Gasteiger partial charge in [0, 0.05) is 57.2 Å². The fourth-order valence-corrected chi connectivity index (χ4v) is 3.36. The highest BCUT2D eigenvalue weighted by molar-refractivity contribution is 5.85. The average Bonchev–Trinajstić information content (AvgIpc) is 2.52. The number of piperazine rings is 1. The number of ether oxygens (including phenoxy) is 1. The van der Waals surface area contributed by atoms with E-state index in [4.69, 9.17) is 4.74 Å². The van der Waals surface area contributed by atoms with Crippen LogP contribution in [-0.4, -0.2) is 49.3 Å². The second-order valence-electron chi connectivity index (χ2n) is 5.56. The van der Waals surface area contributed by atoms with Gasteiger partial charge >= 0.3 is 0 Å². The number of nitrogens with one attached hydrogen (secondary N) is 1. The summed E-state index contributed by atoms with van der Waals surface area (Å²) in [5.74, 6) is 0.142. The maximum Gasteiger partial charge on any atom is 0.217 e. The molecule has 0 spiro atoms. The molecular formula is C15H24Cl2FN3O. The van der Waals surface area contributed by atoms with Gasteiger partial charge in [-0.2, -0.15) is 4.39 Å². The van der Waals surface area contributed by atoms with Gasteiger partial charge in [0.15, 0.2) is 0 Å². The van der Waals surface area contributed by atoms with Crippen molar-refractivity contribution in [1.29, 1.82) is 0 Å². The van der Waals surface area contributed by atoms with E-state index in [9.17, 15) is 4.39 Å². The lowest BCUT2D eigenvalue weighted by atomic mass is 9.86. The van der Waals surface area contributed by atoms with E-state index in [0.29, 0.717) is 5.92 Å². The third-order valence-corrected chi connectivity index (χ3v) is 4.36. The summed E-state index contributed by atoms with van der Waals surface area (Å²) in [5, 5.41) is 3.36. The van der Waals surface area contributed by atoms with Crippen molar-refractivity contribution in [2.75, 3.05) is 39.4 Å². The lowest BCUT2D eigenvalue weighted by Crippen LogP contribution is -2.47. The summed E-state index contributed by atoms with van der Waals surface area (Å²) in [6, 6.07) is 3.87. The molecule has 0 radical (unpaired) electrons. The summed E-state index contributed by atoms with van der Waals surface area (Å²) in [5.41, 5.74) is 0.751. The van der Waals surface area contributed by atoms with Gasteiger partial charge in [-0.25, -0.2) is 4.98 Å². The number of aromatic nitrogens is 1. The molecule has 22 heavy (non-hydrogen) atoms. The number of halogens is 3. The number of pyridine rings is 1. The fraction of sp³-hybridized carbons (Fsp3) is 0.667. The topological polar surface area (TPSA) is 37.4 Å². The van der Waals surface area contributed by atoms with E-state index in [-0.39, 0.29) is 36.8 Å². The molecule has 3 rings (SSSR count). The van der Waals surface area contributed by atoms with Crippen molar-refractivity contribution in [3.63, 3.8) is 0 Å². The molecule has 0 aliphatic carbocycles. The molecule has 2 saturated heterocycles. The number of hydrogen-bond acceptors (Lipinski definition) is 4. The SMILES string of the molecule is Cl.Cl.Fc1ncccc1[C@@H](C1CCOCC1)N1CCNCC1. The van der Waals surface area contributed by atoms with Crippen LogP contribution in [0.15, 0.2) is 18.3 Å². The van der Waals surface area contributed by atoms with Gasteiger partial charge in [-0.15, -0.1) is 24.8 Å². The first kappa shape index (κ1) is 19.6. The first-order chi connectivity index (χ1) is 9.86. The normalized spacial score (nSPS) is 21.5. The molecule has 0 aromatic carbocycles. The molecule has 0 saturated carbocycles. The minimum Gasteiger partial charge on any atom is -0.381 e. The summed E-state index contributed by atoms with van der Waals surface area (Å²) in [4.78, 5) is 6.26. The highest BCUT2D eigenvalue weighted by Gasteiger charge is 2.33. The van der Waals surface area contributed by atoms with Crippen LogP contribution in [0.5, 0.6) is 0 Å². The number of rotatable bonds is 3. The van der Waals surface area contributed by atoms with Crippen molar-refractivity contribution in [1.82, 2.24) is 15.2 Å². The molecule has 1 N–H and O–H groups in total. The molecule has 4 nitrogen and oxygen atoms in total. The smallest absolute Gasteiger partial charge is 0.217 e. The van der Waals surface area contributed by atoms with E-state index in [1.165, 1.54) is 6.20 Å².